The Kier molecular flexibility index (Phi) is 5.38. The van der Waals surface area contributed by atoms with Crippen LogP contribution in [0, 0.1) is 20.8 Å². The summed E-state index contributed by atoms with van der Waals surface area (Å²) < 4.78 is 7.19. The highest BCUT2D eigenvalue weighted by atomic mass is 32.2. The second-order valence-electron chi connectivity index (χ2n) is 8.10. The van der Waals surface area contributed by atoms with Gasteiger partial charge in [-0.3, -0.25) is 9.36 Å². The van der Waals surface area contributed by atoms with E-state index in [4.69, 9.17) is 9.40 Å². The van der Waals surface area contributed by atoms with Crippen molar-refractivity contribution < 1.29 is 4.42 Å². The summed E-state index contributed by atoms with van der Waals surface area (Å²) in [5.74, 6) is 0.473. The standard InChI is InChI=1S/C27H22N2O3S/c1-16-12-13-20-19(14-24(30)32-25(20)18(16)3)15-33-27-28-22-10-6-5-9-21(22)26(31)29(27)23-11-7-4-8-17(23)2/h4-14H,15H2,1-3H3. The molecule has 33 heavy (non-hydrogen) atoms. The molecule has 0 fully saturated rings. The fourth-order valence-corrected chi connectivity index (χ4v) is 5.02. The Balaban J connectivity index is 1.67. The number of thioether (sulfide) groups is 1. The average molecular weight is 455 g/mol. The van der Waals surface area contributed by atoms with Gasteiger partial charge < -0.3 is 4.42 Å². The van der Waals surface area contributed by atoms with E-state index >= 15 is 0 Å². The zero-order valence-electron chi connectivity index (χ0n) is 18.6. The van der Waals surface area contributed by atoms with Crippen molar-refractivity contribution in [1.82, 2.24) is 9.55 Å². The summed E-state index contributed by atoms with van der Waals surface area (Å²) in [7, 11) is 0. The highest BCUT2D eigenvalue weighted by Gasteiger charge is 2.16. The molecule has 0 saturated heterocycles. The van der Waals surface area contributed by atoms with Crippen LogP contribution in [0.15, 0.2) is 85.9 Å². The van der Waals surface area contributed by atoms with Gasteiger partial charge in [0.05, 0.1) is 16.6 Å². The minimum Gasteiger partial charge on any atom is -0.422 e. The van der Waals surface area contributed by atoms with Crippen molar-refractivity contribution in [3.05, 3.63) is 110 Å². The number of aromatic nitrogens is 2. The second kappa shape index (κ2) is 8.37. The molecular formula is C27H22N2O3S. The van der Waals surface area contributed by atoms with Crippen molar-refractivity contribution in [2.75, 3.05) is 0 Å². The first-order chi connectivity index (χ1) is 15.9. The van der Waals surface area contributed by atoms with Crippen LogP contribution in [0.3, 0.4) is 0 Å². The molecule has 3 aromatic carbocycles. The molecule has 2 heterocycles. The number of benzene rings is 3. The quantitative estimate of drug-likeness (QED) is 0.198. The molecule has 164 valence electrons. The van der Waals surface area contributed by atoms with E-state index in [9.17, 15) is 9.59 Å². The van der Waals surface area contributed by atoms with Crippen molar-refractivity contribution in [2.45, 2.75) is 31.7 Å². The molecule has 0 saturated carbocycles. The summed E-state index contributed by atoms with van der Waals surface area (Å²) in [6.45, 7) is 5.93. The molecule has 5 nitrogen and oxygen atoms in total. The van der Waals surface area contributed by atoms with E-state index in [-0.39, 0.29) is 11.2 Å². The zero-order valence-corrected chi connectivity index (χ0v) is 19.4. The molecule has 0 bridgehead atoms. The van der Waals surface area contributed by atoms with Crippen LogP contribution in [0.2, 0.25) is 0 Å². The van der Waals surface area contributed by atoms with Gasteiger partial charge in [-0.2, -0.15) is 0 Å². The Morgan fingerprint density at radius 3 is 2.45 bits per heavy atom. The van der Waals surface area contributed by atoms with Gasteiger partial charge in [0, 0.05) is 17.2 Å². The van der Waals surface area contributed by atoms with Crippen molar-refractivity contribution in [1.29, 1.82) is 0 Å². The molecule has 0 atom stereocenters. The highest BCUT2D eigenvalue weighted by molar-refractivity contribution is 7.98. The van der Waals surface area contributed by atoms with Crippen molar-refractivity contribution in [3.63, 3.8) is 0 Å². The molecule has 0 aliphatic heterocycles. The third-order valence-corrected chi connectivity index (χ3v) is 6.96. The van der Waals surface area contributed by atoms with Gasteiger partial charge in [-0.05, 0) is 61.2 Å². The van der Waals surface area contributed by atoms with Crippen LogP contribution in [-0.4, -0.2) is 9.55 Å². The zero-order chi connectivity index (χ0) is 23.1. The number of para-hydroxylation sites is 2. The summed E-state index contributed by atoms with van der Waals surface area (Å²) >= 11 is 1.44. The van der Waals surface area contributed by atoms with Gasteiger partial charge in [-0.25, -0.2) is 9.78 Å². The van der Waals surface area contributed by atoms with Crippen molar-refractivity contribution in [3.8, 4) is 5.69 Å². The average Bonchev–Trinajstić information content (AvgIpc) is 2.81. The van der Waals surface area contributed by atoms with Crippen LogP contribution in [0.4, 0.5) is 0 Å². The van der Waals surface area contributed by atoms with Crippen molar-refractivity contribution >= 4 is 33.6 Å². The lowest BCUT2D eigenvalue weighted by Gasteiger charge is -2.15. The third kappa shape index (κ3) is 3.76. The molecular weight excluding hydrogens is 432 g/mol. The first-order valence-electron chi connectivity index (χ1n) is 10.7. The maximum absolute atomic E-state index is 13.5. The number of hydrogen-bond donors (Lipinski definition) is 0. The minimum atomic E-state index is -0.380. The van der Waals surface area contributed by atoms with Crippen LogP contribution < -0.4 is 11.2 Å². The molecule has 6 heteroatoms. The first-order valence-corrected chi connectivity index (χ1v) is 11.7. The third-order valence-electron chi connectivity index (χ3n) is 5.98. The Morgan fingerprint density at radius 2 is 1.64 bits per heavy atom. The van der Waals surface area contributed by atoms with Gasteiger partial charge >= 0.3 is 5.63 Å². The Morgan fingerprint density at radius 1 is 0.879 bits per heavy atom. The van der Waals surface area contributed by atoms with E-state index in [0.29, 0.717) is 27.4 Å². The summed E-state index contributed by atoms with van der Waals surface area (Å²) in [6.07, 6.45) is 0. The largest absolute Gasteiger partial charge is 0.422 e. The number of fused-ring (bicyclic) bond motifs is 2. The first kappa shape index (κ1) is 21.2. The predicted octanol–water partition coefficient (Wildman–Crippen LogP) is 5.71. The SMILES string of the molecule is Cc1ccccc1-n1c(SCc2cc(=O)oc3c(C)c(C)ccc23)nc2ccccc2c1=O. The molecule has 0 N–H and O–H groups in total. The maximum Gasteiger partial charge on any atom is 0.336 e. The van der Waals surface area contributed by atoms with Gasteiger partial charge in [0.2, 0.25) is 0 Å². The fraction of sp³-hybridized carbons (Fsp3) is 0.148. The van der Waals surface area contributed by atoms with Crippen LogP contribution in [0.25, 0.3) is 27.6 Å². The second-order valence-corrected chi connectivity index (χ2v) is 9.04. The molecule has 2 aromatic heterocycles. The molecule has 5 rings (SSSR count). The lowest BCUT2D eigenvalue weighted by molar-refractivity contribution is 0.557. The Labute approximate surface area is 194 Å². The topological polar surface area (TPSA) is 65.1 Å². The number of nitrogens with zero attached hydrogens (tertiary/aromatic N) is 2. The van der Waals surface area contributed by atoms with E-state index in [0.717, 1.165) is 33.3 Å². The van der Waals surface area contributed by atoms with Gasteiger partial charge in [0.25, 0.3) is 5.56 Å². The molecule has 0 radical (unpaired) electrons. The van der Waals surface area contributed by atoms with Crippen LogP contribution >= 0.6 is 11.8 Å². The van der Waals surface area contributed by atoms with E-state index < -0.39 is 0 Å². The summed E-state index contributed by atoms with van der Waals surface area (Å²) in [6, 6.07) is 20.7. The highest BCUT2D eigenvalue weighted by Crippen LogP contribution is 2.30. The lowest BCUT2D eigenvalue weighted by Crippen LogP contribution is -2.22. The molecule has 5 aromatic rings. The fourth-order valence-electron chi connectivity index (χ4n) is 4.02. The molecule has 0 spiro atoms. The van der Waals surface area contributed by atoms with Gasteiger partial charge in [0.15, 0.2) is 5.16 Å². The smallest absolute Gasteiger partial charge is 0.336 e. The van der Waals surface area contributed by atoms with Gasteiger partial charge in [0.1, 0.15) is 5.58 Å². The molecule has 0 aliphatic rings. The molecule has 0 amide bonds. The van der Waals surface area contributed by atoms with Gasteiger partial charge in [-0.1, -0.05) is 54.2 Å². The van der Waals surface area contributed by atoms with E-state index in [1.165, 1.54) is 17.8 Å². The summed E-state index contributed by atoms with van der Waals surface area (Å²) in [4.78, 5) is 30.6. The van der Waals surface area contributed by atoms with E-state index in [1.807, 2.05) is 75.4 Å². The number of hydrogen-bond acceptors (Lipinski definition) is 5. The molecule has 0 aliphatic carbocycles. The van der Waals surface area contributed by atoms with E-state index in [2.05, 4.69) is 0 Å². The molecule has 0 unspecified atom stereocenters. The van der Waals surface area contributed by atoms with Crippen molar-refractivity contribution in [2.24, 2.45) is 0 Å². The van der Waals surface area contributed by atoms with Crippen LogP contribution in [0.1, 0.15) is 22.3 Å². The van der Waals surface area contributed by atoms with E-state index in [1.54, 1.807) is 10.6 Å². The predicted molar refractivity (Wildman–Crippen MR) is 134 cm³/mol. The Hall–Kier alpha value is -3.64. The maximum atomic E-state index is 13.5. The minimum absolute atomic E-state index is 0.110. The van der Waals surface area contributed by atoms with Gasteiger partial charge in [-0.15, -0.1) is 0 Å². The van der Waals surface area contributed by atoms with Crippen LogP contribution in [0.5, 0.6) is 0 Å². The number of aryl methyl sites for hydroxylation is 3. The monoisotopic (exact) mass is 454 g/mol. The normalized spacial score (nSPS) is 11.4. The Bertz CT molecular complexity index is 1650. The summed E-state index contributed by atoms with van der Waals surface area (Å²) in [5.41, 5.74) is 5.43. The summed E-state index contributed by atoms with van der Waals surface area (Å²) in [5, 5.41) is 2.05. The lowest BCUT2D eigenvalue weighted by atomic mass is 10.0. The number of rotatable bonds is 4. The van der Waals surface area contributed by atoms with Crippen LogP contribution in [-0.2, 0) is 5.75 Å².